The molecule has 0 bridgehead atoms. The molecule has 0 aliphatic rings. The van der Waals surface area contributed by atoms with E-state index in [2.05, 4.69) is 55.3 Å². The summed E-state index contributed by atoms with van der Waals surface area (Å²) in [6, 6.07) is 9.51. The Morgan fingerprint density at radius 2 is 1.95 bits per heavy atom. The van der Waals surface area contributed by atoms with Gasteiger partial charge in [0.25, 0.3) is 0 Å². The number of anilines is 1. The van der Waals surface area contributed by atoms with Crippen LogP contribution < -0.4 is 10.2 Å². The highest BCUT2D eigenvalue weighted by atomic mass is 16.5. The van der Waals surface area contributed by atoms with E-state index in [-0.39, 0.29) is 0 Å². The number of rotatable bonds is 8. The molecule has 0 saturated heterocycles. The Balaban J connectivity index is 3.06. The van der Waals surface area contributed by atoms with Gasteiger partial charge in [-0.05, 0) is 38.9 Å². The first kappa shape index (κ1) is 16.0. The third-order valence-corrected chi connectivity index (χ3v) is 3.80. The first-order valence-corrected chi connectivity index (χ1v) is 7.17. The lowest BCUT2D eigenvalue weighted by molar-refractivity contribution is 0.203. The molecular weight excluding hydrogens is 236 g/mol. The number of hydrogen-bond acceptors (Lipinski definition) is 3. The molecule has 3 heteroatoms. The lowest BCUT2D eigenvalue weighted by atomic mass is 10.0. The van der Waals surface area contributed by atoms with Crippen LogP contribution in [-0.4, -0.2) is 33.4 Å². The van der Waals surface area contributed by atoms with Crippen molar-refractivity contribution in [3.05, 3.63) is 29.8 Å². The number of nitrogens with zero attached hydrogens (tertiary/aromatic N) is 1. The minimum absolute atomic E-state index is 0.352. The van der Waals surface area contributed by atoms with Gasteiger partial charge in [-0.15, -0.1) is 0 Å². The Morgan fingerprint density at radius 1 is 1.26 bits per heavy atom. The van der Waals surface area contributed by atoms with Crippen LogP contribution in [-0.2, 0) is 4.74 Å². The minimum Gasteiger partial charge on any atom is -0.383 e. The third-order valence-electron chi connectivity index (χ3n) is 3.80. The predicted molar refractivity (Wildman–Crippen MR) is 82.9 cm³/mol. The number of benzene rings is 1. The number of para-hydroxylation sites is 1. The van der Waals surface area contributed by atoms with Crippen LogP contribution in [0, 0.1) is 0 Å². The van der Waals surface area contributed by atoms with Crippen molar-refractivity contribution in [2.24, 2.45) is 0 Å². The van der Waals surface area contributed by atoms with Crippen molar-refractivity contribution in [2.75, 3.05) is 32.2 Å². The molecule has 1 aromatic carbocycles. The lowest BCUT2D eigenvalue weighted by Crippen LogP contribution is -2.36. The van der Waals surface area contributed by atoms with Crippen LogP contribution in [0.3, 0.4) is 0 Å². The average Bonchev–Trinajstić information content (AvgIpc) is 2.46. The number of ether oxygens (including phenoxy) is 1. The van der Waals surface area contributed by atoms with Crippen molar-refractivity contribution in [1.29, 1.82) is 0 Å². The molecule has 1 N–H and O–H groups in total. The maximum Gasteiger partial charge on any atom is 0.0637 e. The number of methoxy groups -OCH3 is 1. The van der Waals surface area contributed by atoms with E-state index >= 15 is 0 Å². The van der Waals surface area contributed by atoms with Crippen LogP contribution in [0.5, 0.6) is 0 Å². The number of nitrogens with one attached hydrogen (secondary N) is 1. The highest BCUT2D eigenvalue weighted by Crippen LogP contribution is 2.28. The summed E-state index contributed by atoms with van der Waals surface area (Å²) < 4.78 is 5.26. The standard InChI is InChI=1S/C16H28N2O/c1-6-13(2)18(11-12-19-5)16-10-8-7-9-15(16)14(3)17-4/h7-10,13-14,17H,6,11-12H2,1-5H3. The first-order chi connectivity index (χ1) is 9.15. The zero-order valence-corrected chi connectivity index (χ0v) is 12.9. The Bertz CT molecular complexity index is 368. The lowest BCUT2D eigenvalue weighted by Gasteiger charge is -2.33. The summed E-state index contributed by atoms with van der Waals surface area (Å²) in [5.74, 6) is 0. The highest BCUT2D eigenvalue weighted by molar-refractivity contribution is 5.55. The predicted octanol–water partition coefficient (Wildman–Crippen LogP) is 3.22. The topological polar surface area (TPSA) is 24.5 Å². The normalized spacial score (nSPS) is 14.2. The molecule has 0 aromatic heterocycles. The SMILES string of the molecule is CCC(C)N(CCOC)c1ccccc1C(C)NC. The fraction of sp³-hybridized carbons (Fsp3) is 0.625. The Kier molecular flexibility index (Phi) is 6.89. The van der Waals surface area contributed by atoms with Crippen LogP contribution in [0.15, 0.2) is 24.3 Å². The van der Waals surface area contributed by atoms with Crippen molar-refractivity contribution in [3.8, 4) is 0 Å². The van der Waals surface area contributed by atoms with Gasteiger partial charge in [0.1, 0.15) is 0 Å². The van der Waals surface area contributed by atoms with Gasteiger partial charge < -0.3 is 15.0 Å². The van der Waals surface area contributed by atoms with Crippen molar-refractivity contribution in [2.45, 2.75) is 39.3 Å². The van der Waals surface area contributed by atoms with E-state index in [4.69, 9.17) is 4.74 Å². The third kappa shape index (κ3) is 4.22. The van der Waals surface area contributed by atoms with Crippen LogP contribution in [0.2, 0.25) is 0 Å². The van der Waals surface area contributed by atoms with Gasteiger partial charge in [0.05, 0.1) is 6.61 Å². The molecule has 0 heterocycles. The Morgan fingerprint density at radius 3 is 2.53 bits per heavy atom. The molecule has 0 fully saturated rings. The van der Waals surface area contributed by atoms with E-state index in [0.29, 0.717) is 12.1 Å². The second-order valence-electron chi connectivity index (χ2n) is 5.01. The molecule has 2 atom stereocenters. The minimum atomic E-state index is 0.352. The molecule has 0 spiro atoms. The smallest absolute Gasteiger partial charge is 0.0637 e. The van der Waals surface area contributed by atoms with Crippen molar-refractivity contribution in [1.82, 2.24) is 5.32 Å². The summed E-state index contributed by atoms with van der Waals surface area (Å²) in [7, 11) is 3.76. The van der Waals surface area contributed by atoms with Gasteiger partial charge in [0, 0.05) is 31.4 Å². The average molecular weight is 264 g/mol. The van der Waals surface area contributed by atoms with Gasteiger partial charge in [-0.1, -0.05) is 25.1 Å². The second-order valence-corrected chi connectivity index (χ2v) is 5.01. The molecule has 2 unspecified atom stereocenters. The van der Waals surface area contributed by atoms with Gasteiger partial charge in [-0.3, -0.25) is 0 Å². The van der Waals surface area contributed by atoms with Gasteiger partial charge in [0.15, 0.2) is 0 Å². The molecule has 0 saturated carbocycles. The monoisotopic (exact) mass is 264 g/mol. The van der Waals surface area contributed by atoms with E-state index in [0.717, 1.165) is 19.6 Å². The van der Waals surface area contributed by atoms with Crippen molar-refractivity contribution >= 4 is 5.69 Å². The largest absolute Gasteiger partial charge is 0.383 e. The van der Waals surface area contributed by atoms with E-state index < -0.39 is 0 Å². The molecule has 0 amide bonds. The summed E-state index contributed by atoms with van der Waals surface area (Å²) in [6.07, 6.45) is 1.13. The van der Waals surface area contributed by atoms with E-state index in [1.807, 2.05) is 7.05 Å². The second kappa shape index (κ2) is 8.18. The van der Waals surface area contributed by atoms with Gasteiger partial charge in [-0.25, -0.2) is 0 Å². The molecule has 1 rings (SSSR count). The molecule has 19 heavy (non-hydrogen) atoms. The Hall–Kier alpha value is -1.06. The maximum atomic E-state index is 5.26. The molecule has 3 nitrogen and oxygen atoms in total. The van der Waals surface area contributed by atoms with E-state index in [1.54, 1.807) is 7.11 Å². The number of hydrogen-bond donors (Lipinski definition) is 1. The molecule has 108 valence electrons. The summed E-state index contributed by atoms with van der Waals surface area (Å²) in [4.78, 5) is 2.45. The zero-order chi connectivity index (χ0) is 14.3. The molecule has 1 aromatic rings. The van der Waals surface area contributed by atoms with E-state index in [9.17, 15) is 0 Å². The maximum absolute atomic E-state index is 5.26. The highest BCUT2D eigenvalue weighted by Gasteiger charge is 2.17. The van der Waals surface area contributed by atoms with Crippen LogP contribution >= 0.6 is 0 Å². The molecular formula is C16H28N2O. The zero-order valence-electron chi connectivity index (χ0n) is 12.9. The molecule has 0 aliphatic heterocycles. The van der Waals surface area contributed by atoms with Crippen molar-refractivity contribution < 1.29 is 4.74 Å². The van der Waals surface area contributed by atoms with Crippen molar-refractivity contribution in [3.63, 3.8) is 0 Å². The summed E-state index contributed by atoms with van der Waals surface area (Å²) in [6.45, 7) is 8.39. The summed E-state index contributed by atoms with van der Waals surface area (Å²) in [5, 5.41) is 3.33. The van der Waals surface area contributed by atoms with Gasteiger partial charge in [-0.2, -0.15) is 0 Å². The van der Waals surface area contributed by atoms with Gasteiger partial charge >= 0.3 is 0 Å². The summed E-state index contributed by atoms with van der Waals surface area (Å²) in [5.41, 5.74) is 2.66. The van der Waals surface area contributed by atoms with E-state index in [1.165, 1.54) is 11.3 Å². The fourth-order valence-electron chi connectivity index (χ4n) is 2.26. The molecule has 0 radical (unpaired) electrons. The van der Waals surface area contributed by atoms with Crippen LogP contribution in [0.25, 0.3) is 0 Å². The van der Waals surface area contributed by atoms with Gasteiger partial charge in [0.2, 0.25) is 0 Å². The fourth-order valence-corrected chi connectivity index (χ4v) is 2.26. The van der Waals surface area contributed by atoms with Crippen LogP contribution in [0.4, 0.5) is 5.69 Å². The summed E-state index contributed by atoms with van der Waals surface area (Å²) >= 11 is 0. The molecule has 0 aliphatic carbocycles. The van der Waals surface area contributed by atoms with Crippen LogP contribution in [0.1, 0.15) is 38.8 Å². The first-order valence-electron chi connectivity index (χ1n) is 7.17. The quantitative estimate of drug-likeness (QED) is 0.780. The Labute approximate surface area is 118 Å².